The molecule has 5 atom stereocenters. The van der Waals surface area contributed by atoms with Gasteiger partial charge in [-0.1, -0.05) is 72.8 Å². The minimum absolute atomic E-state index is 0.0932. The number of nitrogens with one attached hydrogen (secondary N) is 1. The van der Waals surface area contributed by atoms with Crippen LogP contribution >= 0.6 is 0 Å². The van der Waals surface area contributed by atoms with Gasteiger partial charge in [-0.3, -0.25) is 14.3 Å². The third-order valence-corrected chi connectivity index (χ3v) is 13.1. The van der Waals surface area contributed by atoms with Gasteiger partial charge < -0.3 is 30.6 Å². The highest BCUT2D eigenvalue weighted by Gasteiger charge is 2.66. The van der Waals surface area contributed by atoms with Gasteiger partial charge >= 0.3 is 0 Å². The summed E-state index contributed by atoms with van der Waals surface area (Å²) in [6, 6.07) is 31.7. The summed E-state index contributed by atoms with van der Waals surface area (Å²) in [5, 5.41) is 21.8. The van der Waals surface area contributed by atoms with Gasteiger partial charge in [0.05, 0.1) is 36.6 Å². The number of anilines is 3. The fraction of sp³-hybridized carbons (Fsp3) is 0.300. The highest BCUT2D eigenvalue weighted by molar-refractivity contribution is 6.71. The molecule has 1 fully saturated rings. The van der Waals surface area contributed by atoms with Crippen molar-refractivity contribution < 1.29 is 24.2 Å². The number of amides is 2. The van der Waals surface area contributed by atoms with Gasteiger partial charge in [0.2, 0.25) is 0 Å². The predicted molar refractivity (Wildman–Crippen MR) is 202 cm³/mol. The highest BCUT2D eigenvalue weighted by atomic mass is 28.4. The summed E-state index contributed by atoms with van der Waals surface area (Å²) in [7, 11) is -2.85. The molecule has 1 aromatic heterocycles. The van der Waals surface area contributed by atoms with Crippen molar-refractivity contribution in [2.45, 2.75) is 62.7 Å². The van der Waals surface area contributed by atoms with Gasteiger partial charge in [-0.2, -0.15) is 0 Å². The van der Waals surface area contributed by atoms with Gasteiger partial charge in [-0.15, -0.1) is 5.10 Å². The average Bonchev–Trinajstić information content (AvgIpc) is 3.79. The lowest BCUT2D eigenvalue weighted by molar-refractivity contribution is -0.146. The van der Waals surface area contributed by atoms with Crippen molar-refractivity contribution in [3.8, 4) is 0 Å². The Labute approximate surface area is 304 Å². The van der Waals surface area contributed by atoms with Gasteiger partial charge in [0.15, 0.2) is 13.9 Å². The molecule has 1 unspecified atom stereocenters. The molecule has 0 aliphatic carbocycles. The molecule has 5 aromatic rings. The number of fused-ring (bicyclic) bond motifs is 2. The average molecular weight is 717 g/mol. The monoisotopic (exact) mass is 716 g/mol. The van der Waals surface area contributed by atoms with E-state index >= 15 is 0 Å². The first-order valence-electron chi connectivity index (χ1n) is 17.6. The van der Waals surface area contributed by atoms with E-state index < -0.39 is 20.0 Å². The molecule has 268 valence electrons. The van der Waals surface area contributed by atoms with Gasteiger partial charge in [0.25, 0.3) is 11.8 Å². The van der Waals surface area contributed by atoms with Crippen LogP contribution < -0.4 is 16.0 Å². The fourth-order valence-corrected chi connectivity index (χ4v) is 10.7. The zero-order valence-electron chi connectivity index (χ0n) is 29.5. The summed E-state index contributed by atoms with van der Waals surface area (Å²) in [6.07, 6.45) is 1.97. The molecule has 3 heterocycles. The first-order valence-corrected chi connectivity index (χ1v) is 20.7. The third-order valence-electron chi connectivity index (χ3n) is 10.6. The molecule has 0 bridgehead atoms. The van der Waals surface area contributed by atoms with Gasteiger partial charge in [-0.05, 0) is 73.1 Å². The summed E-state index contributed by atoms with van der Waals surface area (Å²) in [6.45, 7) is 6.55. The second-order valence-corrected chi connectivity index (χ2v) is 18.4. The van der Waals surface area contributed by atoms with Crippen LogP contribution in [0.4, 0.5) is 17.1 Å². The van der Waals surface area contributed by atoms with Crippen LogP contribution in [0.3, 0.4) is 0 Å². The number of nitrogens with zero attached hydrogens (tertiary/aromatic N) is 4. The Morgan fingerprint density at radius 2 is 1.69 bits per heavy atom. The van der Waals surface area contributed by atoms with E-state index in [1.165, 1.54) is 0 Å². The number of carbonyl (C=O) groups excluding carboxylic acids is 2. The molecule has 2 amide bonds. The van der Waals surface area contributed by atoms with Gasteiger partial charge in [-0.25, -0.2) is 0 Å². The summed E-state index contributed by atoms with van der Waals surface area (Å²) >= 11 is 0. The third kappa shape index (κ3) is 6.54. The van der Waals surface area contributed by atoms with Crippen molar-refractivity contribution in [2.24, 2.45) is 5.92 Å². The van der Waals surface area contributed by atoms with Crippen LogP contribution in [-0.2, 0) is 28.2 Å². The number of nitrogens with two attached hydrogens (primary N) is 1. The number of aromatic nitrogens is 3. The second kappa shape index (κ2) is 14.1. The number of ether oxygens (including phenoxy) is 1. The second-order valence-electron chi connectivity index (χ2n) is 14.4. The predicted octanol–water partition coefficient (Wildman–Crippen LogP) is 5.67. The molecular weight excluding hydrogens is 673 g/mol. The van der Waals surface area contributed by atoms with Crippen LogP contribution in [0, 0.1) is 5.92 Å². The number of hydrogen-bond acceptors (Lipinski definition) is 8. The number of carbonyl (C=O) groups is 2. The summed E-state index contributed by atoms with van der Waals surface area (Å²) in [5.74, 6) is -0.974. The molecule has 4 aromatic carbocycles. The molecule has 52 heavy (non-hydrogen) atoms. The van der Waals surface area contributed by atoms with E-state index in [0.717, 1.165) is 22.4 Å². The summed E-state index contributed by atoms with van der Waals surface area (Å²) < 4.78 is 8.72. The Balaban J connectivity index is 1.10. The number of rotatable bonds is 11. The molecule has 0 radical (unpaired) electrons. The summed E-state index contributed by atoms with van der Waals surface area (Å²) in [5.41, 5.74) is 10.1. The molecule has 12 heteroatoms. The van der Waals surface area contributed by atoms with E-state index in [1.807, 2.05) is 105 Å². The van der Waals surface area contributed by atoms with Crippen LogP contribution in [0.1, 0.15) is 52.0 Å². The molecule has 1 saturated heterocycles. The van der Waals surface area contributed by atoms with Crippen LogP contribution in [0.25, 0.3) is 0 Å². The molecule has 7 rings (SSSR count). The van der Waals surface area contributed by atoms with Crippen molar-refractivity contribution in [3.63, 3.8) is 0 Å². The lowest BCUT2D eigenvalue weighted by Gasteiger charge is -2.32. The number of aryl methyl sites for hydroxylation is 1. The first kappa shape index (κ1) is 35.3. The van der Waals surface area contributed by atoms with Crippen molar-refractivity contribution in [3.05, 3.63) is 137 Å². The minimum atomic E-state index is -2.85. The molecule has 0 saturated carbocycles. The zero-order valence-corrected chi connectivity index (χ0v) is 30.5. The molecule has 2 aliphatic rings. The van der Waals surface area contributed by atoms with Crippen molar-refractivity contribution >= 4 is 37.2 Å². The Morgan fingerprint density at radius 3 is 2.38 bits per heavy atom. The SMILES string of the molecule is C[C@H]1[C@H]([Si](C)(C)O)[C@@H](CCn2cc(C(CO)c3ccccc3)nn2)O[C@]12C(=O)N(Cc1ccc(NC(=O)c3ccc(N)cc3)cc1)c1ccccc12. The van der Waals surface area contributed by atoms with Gasteiger partial charge in [0, 0.05) is 46.7 Å². The lowest BCUT2D eigenvalue weighted by Crippen LogP contribution is -2.46. The Morgan fingerprint density at radius 1 is 1.00 bits per heavy atom. The van der Waals surface area contributed by atoms with Gasteiger partial charge in [0.1, 0.15) is 0 Å². The number of aliphatic hydroxyl groups is 1. The zero-order chi connectivity index (χ0) is 36.6. The quantitative estimate of drug-likeness (QED) is 0.101. The largest absolute Gasteiger partial charge is 0.432 e. The number of para-hydroxylation sites is 1. The number of aliphatic hydroxyl groups excluding tert-OH is 1. The maximum atomic E-state index is 14.8. The number of benzene rings is 4. The molecule has 1 spiro atoms. The van der Waals surface area contributed by atoms with Crippen molar-refractivity contribution in [1.29, 1.82) is 0 Å². The van der Waals surface area contributed by atoms with E-state index in [-0.39, 0.29) is 35.8 Å². The van der Waals surface area contributed by atoms with E-state index in [4.69, 9.17) is 10.5 Å². The Bertz CT molecular complexity index is 2050. The van der Waals surface area contributed by atoms with E-state index in [0.29, 0.717) is 42.1 Å². The van der Waals surface area contributed by atoms with Crippen LogP contribution in [-0.4, -0.2) is 57.7 Å². The number of hydrogen-bond donors (Lipinski definition) is 4. The summed E-state index contributed by atoms with van der Waals surface area (Å²) in [4.78, 5) is 40.9. The maximum Gasteiger partial charge on any atom is 0.264 e. The standard InChI is InChI=1S/C40H44N6O5Si/c1-26-37(52(2,3)50)36(21-22-45-24-34(43-44-45)32(25-47)28-9-5-4-6-10-28)51-40(26)33-11-7-8-12-35(33)46(39(40)49)23-27-13-19-31(20-14-27)42-38(48)29-15-17-30(41)18-16-29/h4-20,24,26,32,36-37,47,50H,21-23,25,41H2,1-3H3,(H,42,48)/t26-,32?,36+,37-,40+/m0/s1. The van der Waals surface area contributed by atoms with Crippen LogP contribution in [0.15, 0.2) is 109 Å². The van der Waals surface area contributed by atoms with E-state index in [9.17, 15) is 19.5 Å². The Kier molecular flexibility index (Phi) is 9.57. The molecule has 2 aliphatic heterocycles. The minimum Gasteiger partial charge on any atom is -0.432 e. The van der Waals surface area contributed by atoms with E-state index in [1.54, 1.807) is 33.8 Å². The first-order chi connectivity index (χ1) is 25.0. The van der Waals surface area contributed by atoms with E-state index in [2.05, 4.69) is 15.6 Å². The number of nitrogen functional groups attached to an aromatic ring is 1. The van der Waals surface area contributed by atoms with Crippen molar-refractivity contribution in [2.75, 3.05) is 22.6 Å². The smallest absolute Gasteiger partial charge is 0.264 e. The molecule has 11 nitrogen and oxygen atoms in total. The fourth-order valence-electron chi connectivity index (χ4n) is 8.07. The molecular formula is C40H44N6O5Si. The Hall–Kier alpha value is -5.14. The normalized spacial score (nSPS) is 21.8. The molecule has 5 N–H and O–H groups in total. The van der Waals surface area contributed by atoms with Crippen molar-refractivity contribution in [1.82, 2.24) is 15.0 Å². The topological polar surface area (TPSA) is 156 Å². The van der Waals surface area contributed by atoms with Crippen LogP contribution in [0.5, 0.6) is 0 Å². The van der Waals surface area contributed by atoms with Crippen LogP contribution in [0.2, 0.25) is 18.6 Å². The lowest BCUT2D eigenvalue weighted by atomic mass is 9.82. The highest BCUT2D eigenvalue weighted by Crippen LogP contribution is 2.59. The maximum absolute atomic E-state index is 14.8.